The zero-order valence-electron chi connectivity index (χ0n) is 5.32. The first kappa shape index (κ1) is 7.06. The van der Waals surface area contributed by atoms with Crippen LogP contribution in [-0.4, -0.2) is 11.5 Å². The number of rotatable bonds is 2. The molecule has 0 bridgehead atoms. The molecule has 0 spiro atoms. The molecular formula is C6H9BrO2. The normalized spacial score (nSPS) is 21.1. The van der Waals surface area contributed by atoms with Crippen molar-refractivity contribution in [3.05, 3.63) is 0 Å². The molecule has 3 heteroatoms. The molecule has 1 fully saturated rings. The second kappa shape index (κ2) is 2.29. The molecule has 1 saturated carbocycles. The number of ether oxygens (including phenoxy) is 1. The third-order valence-corrected chi connectivity index (χ3v) is 1.91. The number of hydrogen-bond donors (Lipinski definition) is 0. The van der Waals surface area contributed by atoms with Gasteiger partial charge in [0.1, 0.15) is 5.52 Å². The SMILES string of the molecule is CC1(C(=O)OCBr)CC1. The summed E-state index contributed by atoms with van der Waals surface area (Å²) in [6.07, 6.45) is 1.97. The predicted octanol–water partition coefficient (Wildman–Crippen LogP) is 1.68. The van der Waals surface area contributed by atoms with Crippen molar-refractivity contribution in [3.63, 3.8) is 0 Å². The summed E-state index contributed by atoms with van der Waals surface area (Å²) < 4.78 is 4.75. The number of alkyl halides is 1. The maximum absolute atomic E-state index is 10.9. The molecule has 0 aromatic carbocycles. The Hall–Kier alpha value is -0.0500. The molecule has 0 aromatic rings. The van der Waals surface area contributed by atoms with Gasteiger partial charge in [-0.05, 0) is 35.7 Å². The van der Waals surface area contributed by atoms with E-state index in [2.05, 4.69) is 15.9 Å². The second-order valence-electron chi connectivity index (χ2n) is 2.60. The first-order valence-corrected chi connectivity index (χ1v) is 4.04. The largest absolute Gasteiger partial charge is 0.454 e. The fourth-order valence-corrected chi connectivity index (χ4v) is 0.823. The molecule has 1 aliphatic rings. The van der Waals surface area contributed by atoms with Crippen LogP contribution in [0.25, 0.3) is 0 Å². The number of carbonyl (C=O) groups is 1. The first-order chi connectivity index (χ1) is 4.19. The standard InChI is InChI=1S/C6H9BrO2/c1-6(2-3-6)5(8)9-4-7/h2-4H2,1H3. The lowest BCUT2D eigenvalue weighted by Gasteiger charge is -2.04. The van der Waals surface area contributed by atoms with Crippen molar-refractivity contribution < 1.29 is 9.53 Å². The van der Waals surface area contributed by atoms with Crippen LogP contribution in [0.5, 0.6) is 0 Å². The van der Waals surface area contributed by atoms with E-state index in [1.807, 2.05) is 6.92 Å². The van der Waals surface area contributed by atoms with Crippen molar-refractivity contribution in [3.8, 4) is 0 Å². The summed E-state index contributed by atoms with van der Waals surface area (Å²) in [4.78, 5) is 10.9. The van der Waals surface area contributed by atoms with Crippen LogP contribution < -0.4 is 0 Å². The number of hydrogen-bond acceptors (Lipinski definition) is 2. The van der Waals surface area contributed by atoms with Crippen LogP contribution in [0.2, 0.25) is 0 Å². The van der Waals surface area contributed by atoms with E-state index in [4.69, 9.17) is 4.74 Å². The van der Waals surface area contributed by atoms with Gasteiger partial charge in [-0.15, -0.1) is 0 Å². The Kier molecular flexibility index (Phi) is 1.80. The van der Waals surface area contributed by atoms with Crippen LogP contribution in [0, 0.1) is 5.41 Å². The summed E-state index contributed by atoms with van der Waals surface area (Å²) in [5.41, 5.74) is 0.190. The third-order valence-electron chi connectivity index (χ3n) is 1.68. The quantitative estimate of drug-likeness (QED) is 0.492. The number of carbonyl (C=O) groups excluding carboxylic acids is 1. The zero-order valence-corrected chi connectivity index (χ0v) is 6.90. The molecule has 0 unspecified atom stereocenters. The van der Waals surface area contributed by atoms with Crippen molar-refractivity contribution in [1.29, 1.82) is 0 Å². The molecular weight excluding hydrogens is 184 g/mol. The summed E-state index contributed by atoms with van der Waals surface area (Å²) in [7, 11) is 0. The van der Waals surface area contributed by atoms with Gasteiger partial charge in [-0.25, -0.2) is 0 Å². The van der Waals surface area contributed by atoms with Gasteiger partial charge in [-0.1, -0.05) is 0 Å². The molecule has 9 heavy (non-hydrogen) atoms. The van der Waals surface area contributed by atoms with E-state index in [9.17, 15) is 4.79 Å². The number of halogens is 1. The van der Waals surface area contributed by atoms with Gasteiger partial charge >= 0.3 is 5.97 Å². The molecule has 0 aromatic heterocycles. The molecule has 0 radical (unpaired) electrons. The Morgan fingerprint density at radius 3 is 2.67 bits per heavy atom. The second-order valence-corrected chi connectivity index (χ2v) is 3.06. The summed E-state index contributed by atoms with van der Waals surface area (Å²) in [6, 6.07) is 0. The van der Waals surface area contributed by atoms with Gasteiger partial charge in [-0.2, -0.15) is 0 Å². The van der Waals surface area contributed by atoms with Gasteiger partial charge in [0.15, 0.2) is 0 Å². The molecule has 0 saturated heterocycles. The lowest BCUT2D eigenvalue weighted by molar-refractivity contribution is -0.146. The van der Waals surface area contributed by atoms with Gasteiger partial charge in [0.05, 0.1) is 5.41 Å². The molecule has 1 aliphatic carbocycles. The van der Waals surface area contributed by atoms with E-state index in [1.54, 1.807) is 0 Å². The van der Waals surface area contributed by atoms with Crippen LogP contribution >= 0.6 is 15.9 Å². The summed E-state index contributed by atoms with van der Waals surface area (Å²) in [6.45, 7) is 1.93. The molecule has 0 amide bonds. The lowest BCUT2D eigenvalue weighted by Crippen LogP contribution is -2.14. The predicted molar refractivity (Wildman–Crippen MR) is 37.2 cm³/mol. The Bertz CT molecular complexity index is 129. The highest BCUT2D eigenvalue weighted by Crippen LogP contribution is 2.45. The number of esters is 1. The van der Waals surface area contributed by atoms with Crippen LogP contribution in [0.3, 0.4) is 0 Å². The monoisotopic (exact) mass is 192 g/mol. The average Bonchev–Trinajstić information content (AvgIpc) is 2.50. The minimum atomic E-state index is -0.131. The van der Waals surface area contributed by atoms with Gasteiger partial charge in [-0.3, -0.25) is 4.79 Å². The highest BCUT2D eigenvalue weighted by atomic mass is 79.9. The van der Waals surface area contributed by atoms with E-state index in [0.717, 1.165) is 12.8 Å². The van der Waals surface area contributed by atoms with E-state index >= 15 is 0 Å². The van der Waals surface area contributed by atoms with Crippen LogP contribution in [0.4, 0.5) is 0 Å². The molecule has 52 valence electrons. The minimum Gasteiger partial charge on any atom is -0.454 e. The topological polar surface area (TPSA) is 26.3 Å². The summed E-state index contributed by atoms with van der Waals surface area (Å²) in [5, 5.41) is 0. The fourth-order valence-electron chi connectivity index (χ4n) is 0.615. The molecule has 2 nitrogen and oxygen atoms in total. The highest BCUT2D eigenvalue weighted by molar-refractivity contribution is 9.09. The molecule has 0 heterocycles. The lowest BCUT2D eigenvalue weighted by atomic mass is 10.1. The Morgan fingerprint density at radius 2 is 2.33 bits per heavy atom. The molecule has 1 rings (SSSR count). The van der Waals surface area contributed by atoms with E-state index in [-0.39, 0.29) is 11.4 Å². The van der Waals surface area contributed by atoms with E-state index in [0.29, 0.717) is 5.52 Å². The third kappa shape index (κ3) is 1.45. The maximum Gasteiger partial charge on any atom is 0.312 e. The van der Waals surface area contributed by atoms with Crippen molar-refractivity contribution in [2.75, 3.05) is 5.52 Å². The van der Waals surface area contributed by atoms with E-state index < -0.39 is 0 Å². The summed E-state index contributed by atoms with van der Waals surface area (Å²) in [5.74, 6) is -0.0700. The maximum atomic E-state index is 10.9. The summed E-state index contributed by atoms with van der Waals surface area (Å²) >= 11 is 3.03. The Labute approximate surface area is 62.7 Å². The average molecular weight is 193 g/mol. The smallest absolute Gasteiger partial charge is 0.312 e. The van der Waals surface area contributed by atoms with Crippen molar-refractivity contribution in [1.82, 2.24) is 0 Å². The van der Waals surface area contributed by atoms with Crippen molar-refractivity contribution >= 4 is 21.9 Å². The van der Waals surface area contributed by atoms with Gasteiger partial charge in [0.25, 0.3) is 0 Å². The van der Waals surface area contributed by atoms with E-state index in [1.165, 1.54) is 0 Å². The van der Waals surface area contributed by atoms with Crippen molar-refractivity contribution in [2.24, 2.45) is 5.41 Å². The molecule has 0 N–H and O–H groups in total. The zero-order chi connectivity index (χ0) is 6.91. The molecule has 0 atom stereocenters. The van der Waals surface area contributed by atoms with Crippen LogP contribution in [-0.2, 0) is 9.53 Å². The Morgan fingerprint density at radius 1 is 1.78 bits per heavy atom. The Balaban J connectivity index is 2.34. The van der Waals surface area contributed by atoms with Gasteiger partial charge < -0.3 is 4.74 Å². The minimum absolute atomic E-state index is 0.0700. The fraction of sp³-hybridized carbons (Fsp3) is 0.833. The first-order valence-electron chi connectivity index (χ1n) is 2.92. The van der Waals surface area contributed by atoms with Crippen molar-refractivity contribution in [2.45, 2.75) is 19.8 Å². The highest BCUT2D eigenvalue weighted by Gasteiger charge is 2.46. The molecule has 0 aliphatic heterocycles. The van der Waals surface area contributed by atoms with Crippen LogP contribution in [0.1, 0.15) is 19.8 Å². The van der Waals surface area contributed by atoms with Crippen LogP contribution in [0.15, 0.2) is 0 Å². The van der Waals surface area contributed by atoms with Gasteiger partial charge in [0, 0.05) is 0 Å². The van der Waals surface area contributed by atoms with Gasteiger partial charge in [0.2, 0.25) is 0 Å².